The molecule has 35 heavy (non-hydrogen) atoms. The smallest absolute Gasteiger partial charge is 0.325 e. The number of nitrogens with zero attached hydrogens (tertiary/aromatic N) is 3. The number of non-ortho nitro benzene ring substituents is 1. The van der Waals surface area contributed by atoms with Gasteiger partial charge in [-0.2, -0.15) is 0 Å². The first kappa shape index (κ1) is 24.3. The van der Waals surface area contributed by atoms with Crippen LogP contribution >= 0.6 is 0 Å². The Labute approximate surface area is 202 Å². The van der Waals surface area contributed by atoms with Crippen LogP contribution in [0.25, 0.3) is 0 Å². The highest BCUT2D eigenvalue weighted by Crippen LogP contribution is 2.31. The summed E-state index contributed by atoms with van der Waals surface area (Å²) in [5.41, 5.74) is -0.436. The van der Waals surface area contributed by atoms with Gasteiger partial charge in [0, 0.05) is 24.7 Å². The van der Waals surface area contributed by atoms with Crippen molar-refractivity contribution in [2.24, 2.45) is 0 Å². The van der Waals surface area contributed by atoms with Gasteiger partial charge in [0.05, 0.1) is 4.92 Å². The molecular weight excluding hydrogens is 455 g/mol. The topological polar surface area (TPSA) is 113 Å². The maximum absolute atomic E-state index is 13.4. The largest absolute Gasteiger partial charge is 0.334 e. The van der Waals surface area contributed by atoms with E-state index in [4.69, 9.17) is 0 Å². The number of halogens is 1. The lowest BCUT2D eigenvalue weighted by Crippen LogP contribution is -2.48. The normalized spacial score (nSPS) is 20.6. The summed E-state index contributed by atoms with van der Waals surface area (Å²) in [6.45, 7) is 1.34. The maximum atomic E-state index is 13.4. The number of carbonyl (C=O) groups is 3. The Morgan fingerprint density at radius 1 is 1.11 bits per heavy atom. The molecule has 2 aliphatic rings. The summed E-state index contributed by atoms with van der Waals surface area (Å²) in [6.07, 6.45) is 4.72. The molecule has 1 aliphatic heterocycles. The van der Waals surface area contributed by atoms with E-state index in [9.17, 15) is 28.9 Å². The lowest BCUT2D eigenvalue weighted by Gasteiger charge is -2.35. The first-order valence-corrected chi connectivity index (χ1v) is 11.6. The van der Waals surface area contributed by atoms with Gasteiger partial charge in [-0.05, 0) is 55.2 Å². The molecule has 4 rings (SSSR count). The monoisotopic (exact) mass is 482 g/mol. The van der Waals surface area contributed by atoms with Gasteiger partial charge in [0.15, 0.2) is 0 Å². The van der Waals surface area contributed by atoms with Gasteiger partial charge in [-0.3, -0.25) is 24.6 Å². The minimum Gasteiger partial charge on any atom is -0.334 e. The van der Waals surface area contributed by atoms with Crippen LogP contribution in [-0.2, 0) is 21.7 Å². The van der Waals surface area contributed by atoms with E-state index in [2.05, 4.69) is 5.32 Å². The van der Waals surface area contributed by atoms with Crippen molar-refractivity contribution in [1.82, 2.24) is 15.1 Å². The van der Waals surface area contributed by atoms with Crippen molar-refractivity contribution in [1.29, 1.82) is 0 Å². The van der Waals surface area contributed by atoms with E-state index in [0.29, 0.717) is 5.56 Å². The fraction of sp³-hybridized carbons (Fsp3) is 0.400. The Balaban J connectivity index is 1.53. The number of amides is 4. The van der Waals surface area contributed by atoms with Crippen molar-refractivity contribution in [2.45, 2.75) is 57.2 Å². The fourth-order valence-corrected chi connectivity index (χ4v) is 4.78. The van der Waals surface area contributed by atoms with Gasteiger partial charge >= 0.3 is 6.03 Å². The standard InChI is InChI=1S/C25H27FN4O5/c1-25(18-9-13-21(14-10-18)30(34)35)23(32)29(24(33)27-25)16-22(31)28(20-5-3-2-4-6-20)15-17-7-11-19(26)12-8-17/h7-14,20H,2-6,15-16H2,1H3,(H,27,33). The van der Waals surface area contributed by atoms with Gasteiger partial charge in [0.25, 0.3) is 11.6 Å². The third-order valence-corrected chi connectivity index (χ3v) is 6.83. The number of carbonyl (C=O) groups excluding carboxylic acids is 3. The Morgan fingerprint density at radius 3 is 2.34 bits per heavy atom. The zero-order valence-electron chi connectivity index (χ0n) is 19.4. The SMILES string of the molecule is CC1(c2ccc([N+](=O)[O-])cc2)NC(=O)N(CC(=O)N(Cc2ccc(F)cc2)C2CCCCC2)C1=O. The molecule has 9 nitrogen and oxygen atoms in total. The van der Waals surface area contributed by atoms with E-state index in [1.807, 2.05) is 0 Å². The van der Waals surface area contributed by atoms with Crippen molar-refractivity contribution in [3.8, 4) is 0 Å². The number of nitrogens with one attached hydrogen (secondary N) is 1. The van der Waals surface area contributed by atoms with Gasteiger partial charge in [0.1, 0.15) is 17.9 Å². The van der Waals surface area contributed by atoms with Crippen LogP contribution in [0.2, 0.25) is 0 Å². The number of benzene rings is 2. The molecule has 184 valence electrons. The van der Waals surface area contributed by atoms with Crippen LogP contribution in [0.3, 0.4) is 0 Å². The zero-order chi connectivity index (χ0) is 25.2. The molecule has 0 aromatic heterocycles. The molecule has 0 bridgehead atoms. The number of nitro benzene ring substituents is 1. The summed E-state index contributed by atoms with van der Waals surface area (Å²) in [5.74, 6) is -1.33. The number of rotatable bonds is 7. The van der Waals surface area contributed by atoms with Crippen molar-refractivity contribution < 1.29 is 23.7 Å². The molecule has 2 aromatic rings. The van der Waals surface area contributed by atoms with Crippen LogP contribution in [0.15, 0.2) is 48.5 Å². The summed E-state index contributed by atoms with van der Waals surface area (Å²) in [4.78, 5) is 52.4. The quantitative estimate of drug-likeness (QED) is 0.366. The van der Waals surface area contributed by atoms with Gasteiger partial charge < -0.3 is 10.2 Å². The molecule has 0 radical (unpaired) electrons. The molecular formula is C25H27FN4O5. The van der Waals surface area contributed by atoms with Gasteiger partial charge in [0.2, 0.25) is 5.91 Å². The zero-order valence-corrected chi connectivity index (χ0v) is 19.4. The second-order valence-electron chi connectivity index (χ2n) is 9.19. The highest BCUT2D eigenvalue weighted by Gasteiger charge is 2.50. The Hall–Kier alpha value is -3.82. The molecule has 1 atom stereocenters. The van der Waals surface area contributed by atoms with E-state index in [1.54, 1.807) is 17.0 Å². The van der Waals surface area contributed by atoms with E-state index < -0.39 is 28.9 Å². The Kier molecular flexibility index (Phi) is 6.81. The van der Waals surface area contributed by atoms with Crippen molar-refractivity contribution in [2.75, 3.05) is 6.54 Å². The first-order valence-electron chi connectivity index (χ1n) is 11.6. The number of nitro groups is 1. The number of hydrogen-bond acceptors (Lipinski definition) is 5. The molecule has 1 unspecified atom stereocenters. The van der Waals surface area contributed by atoms with Crippen molar-refractivity contribution >= 4 is 23.5 Å². The fourth-order valence-electron chi connectivity index (χ4n) is 4.78. The summed E-state index contributed by atoms with van der Waals surface area (Å²) in [6, 6.07) is 10.6. The highest BCUT2D eigenvalue weighted by molar-refractivity contribution is 6.09. The lowest BCUT2D eigenvalue weighted by atomic mass is 9.92. The van der Waals surface area contributed by atoms with Crippen LogP contribution in [0.1, 0.15) is 50.2 Å². The molecule has 1 aliphatic carbocycles. The van der Waals surface area contributed by atoms with Crippen LogP contribution in [0, 0.1) is 15.9 Å². The highest BCUT2D eigenvalue weighted by atomic mass is 19.1. The Bertz CT molecular complexity index is 1130. The molecule has 4 amide bonds. The molecule has 1 N–H and O–H groups in total. The van der Waals surface area contributed by atoms with E-state index >= 15 is 0 Å². The molecule has 2 fully saturated rings. The second-order valence-corrected chi connectivity index (χ2v) is 9.19. The summed E-state index contributed by atoms with van der Waals surface area (Å²) >= 11 is 0. The summed E-state index contributed by atoms with van der Waals surface area (Å²) in [5, 5.41) is 13.6. The van der Waals surface area contributed by atoms with E-state index in [0.717, 1.165) is 42.6 Å². The first-order chi connectivity index (χ1) is 16.7. The van der Waals surface area contributed by atoms with Gasteiger partial charge in [-0.1, -0.05) is 31.4 Å². The number of urea groups is 1. The number of hydrogen-bond donors (Lipinski definition) is 1. The minimum atomic E-state index is -1.45. The molecule has 10 heteroatoms. The predicted octanol–water partition coefficient (Wildman–Crippen LogP) is 3.86. The molecule has 1 saturated carbocycles. The Morgan fingerprint density at radius 2 is 1.74 bits per heavy atom. The lowest BCUT2D eigenvalue weighted by molar-refractivity contribution is -0.384. The third-order valence-electron chi connectivity index (χ3n) is 6.83. The van der Waals surface area contributed by atoms with Crippen LogP contribution < -0.4 is 5.32 Å². The van der Waals surface area contributed by atoms with Crippen molar-refractivity contribution in [3.05, 3.63) is 75.6 Å². The number of imide groups is 1. The average Bonchev–Trinajstić information content (AvgIpc) is 3.08. The molecule has 1 saturated heterocycles. The second kappa shape index (κ2) is 9.81. The maximum Gasteiger partial charge on any atom is 0.325 e. The molecule has 1 heterocycles. The molecule has 0 spiro atoms. The minimum absolute atomic E-state index is 0.0249. The average molecular weight is 483 g/mol. The van der Waals surface area contributed by atoms with Gasteiger partial charge in [-0.25, -0.2) is 9.18 Å². The predicted molar refractivity (Wildman–Crippen MR) is 125 cm³/mol. The van der Waals surface area contributed by atoms with Crippen LogP contribution in [-0.4, -0.2) is 45.2 Å². The van der Waals surface area contributed by atoms with Gasteiger partial charge in [-0.15, -0.1) is 0 Å². The van der Waals surface area contributed by atoms with E-state index in [-0.39, 0.29) is 30.0 Å². The summed E-state index contributed by atoms with van der Waals surface area (Å²) < 4.78 is 13.4. The molecule has 2 aromatic carbocycles. The summed E-state index contributed by atoms with van der Waals surface area (Å²) in [7, 11) is 0. The van der Waals surface area contributed by atoms with Crippen LogP contribution in [0.4, 0.5) is 14.9 Å². The van der Waals surface area contributed by atoms with Crippen LogP contribution in [0.5, 0.6) is 0 Å². The third kappa shape index (κ3) is 5.01. The van der Waals surface area contributed by atoms with Crippen molar-refractivity contribution in [3.63, 3.8) is 0 Å². The van der Waals surface area contributed by atoms with E-state index in [1.165, 1.54) is 43.3 Å².